The van der Waals surface area contributed by atoms with Crippen LogP contribution in [0.3, 0.4) is 0 Å². The largest absolute Gasteiger partial charge is 0.497 e. The highest BCUT2D eigenvalue weighted by Crippen LogP contribution is 2.30. The average Bonchev–Trinajstić information content (AvgIpc) is 2.66. The number of aryl methyl sites for hydroxylation is 1. The van der Waals surface area contributed by atoms with Crippen LogP contribution in [0.1, 0.15) is 24.8 Å². The maximum atomic E-state index is 12.9. The van der Waals surface area contributed by atoms with Crippen molar-refractivity contribution >= 4 is 17.5 Å². The summed E-state index contributed by atoms with van der Waals surface area (Å²) in [5.41, 5.74) is 2.19. The Morgan fingerprint density at radius 1 is 1.19 bits per heavy atom. The number of fused-ring (bicyclic) bond motifs is 1. The monoisotopic (exact) mass is 359 g/mol. The van der Waals surface area contributed by atoms with Crippen LogP contribution >= 0.6 is 0 Å². The molecule has 2 aliphatic rings. The van der Waals surface area contributed by atoms with Gasteiger partial charge in [0.15, 0.2) is 0 Å². The summed E-state index contributed by atoms with van der Waals surface area (Å²) in [6, 6.07) is 5.95. The number of benzene rings is 1. The number of rotatable bonds is 4. The molecule has 142 valence electrons. The van der Waals surface area contributed by atoms with Crippen LogP contribution in [0.4, 0.5) is 5.69 Å². The Morgan fingerprint density at radius 3 is 2.58 bits per heavy atom. The molecule has 1 fully saturated rings. The maximum absolute atomic E-state index is 12.9. The van der Waals surface area contributed by atoms with Gasteiger partial charge in [0.05, 0.1) is 13.7 Å². The standard InChI is InChI=1S/C20H29N3O3/c1-21(2)20(25)15-8-11-22(12-9-15)14-19(24)23-10-4-5-16-13-17(26-3)6-7-18(16)23/h6-7,13,15H,4-5,8-12,14H2,1-3H3. The van der Waals surface area contributed by atoms with Crippen LogP contribution in [0, 0.1) is 5.92 Å². The number of anilines is 1. The molecule has 0 aliphatic carbocycles. The fraction of sp³-hybridized carbons (Fsp3) is 0.600. The van der Waals surface area contributed by atoms with Crippen LogP contribution in [-0.4, -0.2) is 69.0 Å². The second-order valence-electron chi connectivity index (χ2n) is 7.43. The zero-order chi connectivity index (χ0) is 18.7. The first-order chi connectivity index (χ1) is 12.5. The number of amides is 2. The highest BCUT2D eigenvalue weighted by Gasteiger charge is 2.29. The van der Waals surface area contributed by atoms with Gasteiger partial charge in [-0.3, -0.25) is 14.5 Å². The van der Waals surface area contributed by atoms with E-state index in [1.54, 1.807) is 26.1 Å². The molecule has 0 aromatic heterocycles. The van der Waals surface area contributed by atoms with Crippen LogP contribution in [-0.2, 0) is 16.0 Å². The Morgan fingerprint density at radius 2 is 1.92 bits per heavy atom. The molecule has 1 aromatic rings. The predicted octanol–water partition coefficient (Wildman–Crippen LogP) is 1.77. The molecule has 6 nitrogen and oxygen atoms in total. The van der Waals surface area contributed by atoms with Crippen LogP contribution in [0.25, 0.3) is 0 Å². The van der Waals surface area contributed by atoms with E-state index in [9.17, 15) is 9.59 Å². The molecule has 0 bridgehead atoms. The molecule has 2 aliphatic heterocycles. The number of hydrogen-bond donors (Lipinski definition) is 0. The van der Waals surface area contributed by atoms with Crippen molar-refractivity contribution in [3.05, 3.63) is 23.8 Å². The number of methoxy groups -OCH3 is 1. The van der Waals surface area contributed by atoms with Gasteiger partial charge < -0.3 is 14.5 Å². The van der Waals surface area contributed by atoms with Crippen LogP contribution in [0.5, 0.6) is 5.75 Å². The second kappa shape index (κ2) is 8.08. The van der Waals surface area contributed by atoms with Crippen molar-refractivity contribution < 1.29 is 14.3 Å². The van der Waals surface area contributed by atoms with Gasteiger partial charge in [0.25, 0.3) is 0 Å². The minimum Gasteiger partial charge on any atom is -0.497 e. The summed E-state index contributed by atoms with van der Waals surface area (Å²) in [4.78, 5) is 30.7. The van der Waals surface area contributed by atoms with E-state index in [2.05, 4.69) is 4.90 Å². The summed E-state index contributed by atoms with van der Waals surface area (Å²) >= 11 is 0. The molecule has 2 heterocycles. The molecule has 0 radical (unpaired) electrons. The highest BCUT2D eigenvalue weighted by atomic mass is 16.5. The normalized spacial score (nSPS) is 18.3. The lowest BCUT2D eigenvalue weighted by Gasteiger charge is -2.35. The Hall–Kier alpha value is -2.08. The second-order valence-corrected chi connectivity index (χ2v) is 7.43. The first-order valence-corrected chi connectivity index (χ1v) is 9.40. The summed E-state index contributed by atoms with van der Waals surface area (Å²) < 4.78 is 5.30. The number of likely N-dealkylation sites (tertiary alicyclic amines) is 1. The fourth-order valence-electron chi connectivity index (χ4n) is 3.94. The number of nitrogens with zero attached hydrogens (tertiary/aromatic N) is 3. The Bertz CT molecular complexity index is 666. The third-order valence-electron chi connectivity index (χ3n) is 5.44. The minimum atomic E-state index is 0.0968. The molecule has 0 N–H and O–H groups in total. The van der Waals surface area contributed by atoms with E-state index in [0.717, 1.165) is 56.8 Å². The van der Waals surface area contributed by atoms with E-state index in [4.69, 9.17) is 4.74 Å². The number of carbonyl (C=O) groups excluding carboxylic acids is 2. The molecule has 0 atom stereocenters. The minimum absolute atomic E-state index is 0.0968. The zero-order valence-electron chi connectivity index (χ0n) is 16.0. The summed E-state index contributed by atoms with van der Waals surface area (Å²) in [7, 11) is 5.28. The lowest BCUT2D eigenvalue weighted by atomic mass is 9.95. The van der Waals surface area contributed by atoms with Crippen LogP contribution in [0.15, 0.2) is 18.2 Å². The van der Waals surface area contributed by atoms with E-state index in [1.165, 1.54) is 5.56 Å². The van der Waals surface area contributed by atoms with Gasteiger partial charge in [-0.1, -0.05) is 0 Å². The highest BCUT2D eigenvalue weighted by molar-refractivity contribution is 5.96. The summed E-state index contributed by atoms with van der Waals surface area (Å²) in [6.07, 6.45) is 3.62. The number of carbonyl (C=O) groups is 2. The van der Waals surface area contributed by atoms with Crippen molar-refractivity contribution in [3.8, 4) is 5.75 Å². The summed E-state index contributed by atoms with van der Waals surface area (Å²) in [5.74, 6) is 1.29. The van der Waals surface area contributed by atoms with Gasteiger partial charge in [0, 0.05) is 32.2 Å². The van der Waals surface area contributed by atoms with E-state index >= 15 is 0 Å². The van der Waals surface area contributed by atoms with Gasteiger partial charge in [0.1, 0.15) is 5.75 Å². The van der Waals surface area contributed by atoms with Gasteiger partial charge in [0.2, 0.25) is 11.8 Å². The molecule has 1 aromatic carbocycles. The van der Waals surface area contributed by atoms with Crippen molar-refractivity contribution in [2.24, 2.45) is 5.92 Å². The van der Waals surface area contributed by atoms with Crippen molar-refractivity contribution in [2.75, 3.05) is 52.3 Å². The first-order valence-electron chi connectivity index (χ1n) is 9.40. The Kier molecular flexibility index (Phi) is 5.81. The smallest absolute Gasteiger partial charge is 0.241 e. The molecule has 3 rings (SSSR count). The lowest BCUT2D eigenvalue weighted by molar-refractivity contribution is -0.134. The molecule has 26 heavy (non-hydrogen) atoms. The Balaban J connectivity index is 1.59. The SMILES string of the molecule is COc1ccc2c(c1)CCCN2C(=O)CN1CCC(C(=O)N(C)C)CC1. The molecule has 2 amide bonds. The molecular weight excluding hydrogens is 330 g/mol. The number of hydrogen-bond acceptors (Lipinski definition) is 4. The Labute approximate surface area is 155 Å². The molecule has 1 saturated heterocycles. The van der Waals surface area contributed by atoms with Crippen molar-refractivity contribution in [2.45, 2.75) is 25.7 Å². The van der Waals surface area contributed by atoms with Crippen LogP contribution in [0.2, 0.25) is 0 Å². The van der Waals surface area contributed by atoms with Crippen molar-refractivity contribution in [1.82, 2.24) is 9.80 Å². The predicted molar refractivity (Wildman–Crippen MR) is 102 cm³/mol. The fourth-order valence-corrected chi connectivity index (χ4v) is 3.94. The lowest BCUT2D eigenvalue weighted by Crippen LogP contribution is -2.46. The van der Waals surface area contributed by atoms with Crippen molar-refractivity contribution in [1.29, 1.82) is 0 Å². The van der Waals surface area contributed by atoms with Crippen LogP contribution < -0.4 is 9.64 Å². The number of piperidine rings is 1. The topological polar surface area (TPSA) is 53.1 Å². The quantitative estimate of drug-likeness (QED) is 0.822. The number of ether oxygens (including phenoxy) is 1. The van der Waals surface area contributed by atoms with Gasteiger partial charge in [-0.25, -0.2) is 0 Å². The molecular formula is C20H29N3O3. The maximum Gasteiger partial charge on any atom is 0.241 e. The van der Waals surface area contributed by atoms with Gasteiger partial charge in [-0.15, -0.1) is 0 Å². The molecule has 0 unspecified atom stereocenters. The van der Waals surface area contributed by atoms with Gasteiger partial charge in [-0.2, -0.15) is 0 Å². The summed E-state index contributed by atoms with van der Waals surface area (Å²) in [5, 5.41) is 0. The summed E-state index contributed by atoms with van der Waals surface area (Å²) in [6.45, 7) is 2.81. The van der Waals surface area contributed by atoms with E-state index in [0.29, 0.717) is 6.54 Å². The van der Waals surface area contributed by atoms with E-state index < -0.39 is 0 Å². The van der Waals surface area contributed by atoms with Gasteiger partial charge in [-0.05, 0) is 62.5 Å². The average molecular weight is 359 g/mol. The van der Waals surface area contributed by atoms with Gasteiger partial charge >= 0.3 is 0 Å². The molecule has 0 saturated carbocycles. The van der Waals surface area contributed by atoms with Crippen molar-refractivity contribution in [3.63, 3.8) is 0 Å². The third-order valence-corrected chi connectivity index (χ3v) is 5.44. The molecule has 6 heteroatoms. The molecule has 0 spiro atoms. The zero-order valence-corrected chi connectivity index (χ0v) is 16.0. The van der Waals surface area contributed by atoms with E-state index in [1.807, 2.05) is 23.1 Å². The van der Waals surface area contributed by atoms with E-state index in [-0.39, 0.29) is 17.7 Å². The third kappa shape index (κ3) is 4.01. The first kappa shape index (κ1) is 18.7.